The number of hydrogen-bond donors (Lipinski definition) is 0. The van der Waals surface area contributed by atoms with Crippen molar-refractivity contribution < 1.29 is 9.53 Å². The first-order valence-electron chi connectivity index (χ1n) is 7.40. The third-order valence-electron chi connectivity index (χ3n) is 4.08. The van der Waals surface area contributed by atoms with Crippen molar-refractivity contribution in [1.82, 2.24) is 0 Å². The minimum absolute atomic E-state index is 0.103. The van der Waals surface area contributed by atoms with E-state index in [1.54, 1.807) is 0 Å². The predicted octanol–water partition coefficient (Wildman–Crippen LogP) is 4.26. The zero-order valence-corrected chi connectivity index (χ0v) is 12.2. The van der Waals surface area contributed by atoms with E-state index >= 15 is 0 Å². The molecule has 0 saturated heterocycles. The summed E-state index contributed by atoms with van der Waals surface area (Å²) < 4.78 is 5.19. The van der Waals surface area contributed by atoms with Crippen molar-refractivity contribution in [2.45, 2.75) is 51.9 Å². The Kier molecular flexibility index (Phi) is 4.62. The van der Waals surface area contributed by atoms with Crippen molar-refractivity contribution >= 4 is 5.97 Å². The largest absolute Gasteiger partial charge is 0.466 e. The Bertz CT molecular complexity index is 415. The van der Waals surface area contributed by atoms with E-state index in [2.05, 4.69) is 38.1 Å². The lowest BCUT2D eigenvalue weighted by atomic mass is 9.79. The Morgan fingerprint density at radius 1 is 1.26 bits per heavy atom. The molecule has 0 heterocycles. The van der Waals surface area contributed by atoms with E-state index in [1.165, 1.54) is 24.8 Å². The molecule has 19 heavy (non-hydrogen) atoms. The van der Waals surface area contributed by atoms with E-state index in [4.69, 9.17) is 4.74 Å². The first-order chi connectivity index (χ1) is 9.13. The highest BCUT2D eigenvalue weighted by Crippen LogP contribution is 2.37. The molecule has 0 amide bonds. The lowest BCUT2D eigenvalue weighted by Crippen LogP contribution is -2.21. The van der Waals surface area contributed by atoms with Crippen molar-refractivity contribution in [3.05, 3.63) is 35.4 Å². The summed E-state index contributed by atoms with van der Waals surface area (Å²) in [6.45, 7) is 6.44. The zero-order valence-electron chi connectivity index (χ0n) is 12.2. The van der Waals surface area contributed by atoms with Gasteiger partial charge in [-0.1, -0.05) is 44.5 Å². The van der Waals surface area contributed by atoms with E-state index in [1.807, 2.05) is 6.92 Å². The predicted molar refractivity (Wildman–Crippen MR) is 77.2 cm³/mol. The van der Waals surface area contributed by atoms with Gasteiger partial charge in [0.15, 0.2) is 0 Å². The molecule has 0 aromatic heterocycles. The summed E-state index contributed by atoms with van der Waals surface area (Å²) in [6, 6.07) is 8.59. The maximum atomic E-state index is 12.0. The summed E-state index contributed by atoms with van der Waals surface area (Å²) in [6.07, 6.45) is 3.97. The molecule has 2 heteroatoms. The number of carbonyl (C=O) groups is 1. The van der Waals surface area contributed by atoms with E-state index in [0.717, 1.165) is 11.5 Å². The molecule has 1 fully saturated rings. The van der Waals surface area contributed by atoms with Gasteiger partial charge in [-0.05, 0) is 42.7 Å². The van der Waals surface area contributed by atoms with Gasteiger partial charge in [0, 0.05) is 0 Å². The summed E-state index contributed by atoms with van der Waals surface area (Å²) in [7, 11) is 0. The van der Waals surface area contributed by atoms with Gasteiger partial charge in [-0.25, -0.2) is 0 Å². The highest BCUT2D eigenvalue weighted by atomic mass is 16.5. The molecule has 1 aromatic rings. The average Bonchev–Trinajstić information content (AvgIpc) is 2.29. The molecular formula is C17H24O2. The third kappa shape index (κ3) is 3.17. The fourth-order valence-corrected chi connectivity index (χ4v) is 2.74. The van der Waals surface area contributed by atoms with Crippen LogP contribution in [0.25, 0.3) is 0 Å². The van der Waals surface area contributed by atoms with E-state index in [-0.39, 0.29) is 17.8 Å². The molecule has 1 aliphatic rings. The quantitative estimate of drug-likeness (QED) is 0.739. The standard InChI is InChI=1S/C17H24O2/c1-4-19-17(18)16(12(2)3)15-10-8-14(9-11-15)13-6-5-7-13/h8-13,16H,4-7H2,1-3H3. The maximum Gasteiger partial charge on any atom is 0.313 e. The van der Waals surface area contributed by atoms with Gasteiger partial charge in [0.25, 0.3) is 0 Å². The second-order valence-electron chi connectivity index (χ2n) is 5.77. The van der Waals surface area contributed by atoms with Gasteiger partial charge in [-0.3, -0.25) is 4.79 Å². The Morgan fingerprint density at radius 2 is 1.89 bits per heavy atom. The molecule has 1 saturated carbocycles. The van der Waals surface area contributed by atoms with Crippen molar-refractivity contribution in [3.8, 4) is 0 Å². The molecule has 2 nitrogen and oxygen atoms in total. The van der Waals surface area contributed by atoms with Gasteiger partial charge in [-0.15, -0.1) is 0 Å². The van der Waals surface area contributed by atoms with Crippen LogP contribution in [0.15, 0.2) is 24.3 Å². The monoisotopic (exact) mass is 260 g/mol. The van der Waals surface area contributed by atoms with Gasteiger partial charge in [0.2, 0.25) is 0 Å². The Labute approximate surface area is 116 Å². The van der Waals surface area contributed by atoms with Crippen molar-refractivity contribution in [1.29, 1.82) is 0 Å². The smallest absolute Gasteiger partial charge is 0.313 e. The fourth-order valence-electron chi connectivity index (χ4n) is 2.74. The van der Waals surface area contributed by atoms with Crippen LogP contribution in [-0.4, -0.2) is 12.6 Å². The van der Waals surface area contributed by atoms with Crippen LogP contribution in [0.1, 0.15) is 63.0 Å². The number of benzene rings is 1. The molecule has 1 aromatic carbocycles. The molecule has 0 aliphatic heterocycles. The molecule has 0 spiro atoms. The average molecular weight is 260 g/mol. The van der Waals surface area contributed by atoms with E-state index < -0.39 is 0 Å². The lowest BCUT2D eigenvalue weighted by Gasteiger charge is -2.26. The minimum atomic E-state index is -0.143. The zero-order chi connectivity index (χ0) is 13.8. The van der Waals surface area contributed by atoms with Crippen LogP contribution < -0.4 is 0 Å². The highest BCUT2D eigenvalue weighted by molar-refractivity contribution is 5.78. The molecule has 0 N–H and O–H groups in total. The topological polar surface area (TPSA) is 26.3 Å². The molecule has 1 aliphatic carbocycles. The second kappa shape index (κ2) is 6.23. The summed E-state index contributed by atoms with van der Waals surface area (Å²) in [4.78, 5) is 12.0. The van der Waals surface area contributed by atoms with Gasteiger partial charge in [0.05, 0.1) is 12.5 Å². The summed E-state index contributed by atoms with van der Waals surface area (Å²) >= 11 is 0. The number of rotatable bonds is 5. The van der Waals surface area contributed by atoms with Crippen molar-refractivity contribution in [2.75, 3.05) is 6.61 Å². The SMILES string of the molecule is CCOC(=O)C(c1ccc(C2CCC2)cc1)C(C)C. The molecule has 0 bridgehead atoms. The maximum absolute atomic E-state index is 12.0. The Morgan fingerprint density at radius 3 is 2.32 bits per heavy atom. The normalized spacial score (nSPS) is 17.1. The highest BCUT2D eigenvalue weighted by Gasteiger charge is 2.26. The number of carbonyl (C=O) groups excluding carboxylic acids is 1. The lowest BCUT2D eigenvalue weighted by molar-refractivity contribution is -0.146. The van der Waals surface area contributed by atoms with Crippen LogP contribution in [0.2, 0.25) is 0 Å². The van der Waals surface area contributed by atoms with Crippen LogP contribution in [0.5, 0.6) is 0 Å². The second-order valence-corrected chi connectivity index (χ2v) is 5.77. The van der Waals surface area contributed by atoms with Crippen LogP contribution in [0.4, 0.5) is 0 Å². The first kappa shape index (κ1) is 14.1. The number of ether oxygens (including phenoxy) is 1. The molecule has 0 radical (unpaired) electrons. The Hall–Kier alpha value is -1.31. The summed E-state index contributed by atoms with van der Waals surface area (Å²) in [5.74, 6) is 0.757. The number of hydrogen-bond acceptors (Lipinski definition) is 2. The molecule has 2 rings (SSSR count). The van der Waals surface area contributed by atoms with E-state index in [0.29, 0.717) is 6.61 Å². The van der Waals surface area contributed by atoms with Crippen molar-refractivity contribution in [2.24, 2.45) is 5.92 Å². The van der Waals surface area contributed by atoms with Crippen LogP contribution in [0.3, 0.4) is 0 Å². The van der Waals surface area contributed by atoms with Gasteiger partial charge in [-0.2, -0.15) is 0 Å². The third-order valence-corrected chi connectivity index (χ3v) is 4.08. The summed E-state index contributed by atoms with van der Waals surface area (Å²) in [5, 5.41) is 0. The van der Waals surface area contributed by atoms with Crippen molar-refractivity contribution in [3.63, 3.8) is 0 Å². The molecule has 1 unspecified atom stereocenters. The first-order valence-corrected chi connectivity index (χ1v) is 7.40. The fraction of sp³-hybridized carbons (Fsp3) is 0.588. The molecule has 1 atom stereocenters. The van der Waals surface area contributed by atoms with Crippen LogP contribution >= 0.6 is 0 Å². The van der Waals surface area contributed by atoms with Crippen LogP contribution in [-0.2, 0) is 9.53 Å². The van der Waals surface area contributed by atoms with E-state index in [9.17, 15) is 4.79 Å². The molecular weight excluding hydrogens is 236 g/mol. The number of esters is 1. The van der Waals surface area contributed by atoms with Crippen LogP contribution in [0, 0.1) is 5.92 Å². The molecule has 104 valence electrons. The minimum Gasteiger partial charge on any atom is -0.466 e. The van der Waals surface area contributed by atoms with Gasteiger partial charge < -0.3 is 4.74 Å². The van der Waals surface area contributed by atoms with Gasteiger partial charge in [0.1, 0.15) is 0 Å². The Balaban J connectivity index is 2.14. The summed E-state index contributed by atoms with van der Waals surface area (Å²) in [5.41, 5.74) is 2.50. The van der Waals surface area contributed by atoms with Gasteiger partial charge >= 0.3 is 5.97 Å².